The summed E-state index contributed by atoms with van der Waals surface area (Å²) in [6.45, 7) is 1.82. The van der Waals surface area contributed by atoms with Gasteiger partial charge in [0.2, 0.25) is 11.8 Å². The highest BCUT2D eigenvalue weighted by Crippen LogP contribution is 2.18. The van der Waals surface area contributed by atoms with Crippen LogP contribution in [-0.4, -0.2) is 64.4 Å². The first-order valence-electron chi connectivity index (χ1n) is 8.79. The number of anilines is 1. The number of nitrogens with zero attached hydrogens (tertiary/aromatic N) is 4. The Morgan fingerprint density at radius 3 is 2.93 bits per heavy atom. The number of aryl methyl sites for hydroxylation is 1. The Hall–Kier alpha value is -2.94. The van der Waals surface area contributed by atoms with Gasteiger partial charge in [0.25, 0.3) is 0 Å². The fourth-order valence-corrected chi connectivity index (χ4v) is 2.99. The van der Waals surface area contributed by atoms with E-state index < -0.39 is 0 Å². The molecule has 1 N–H and O–H groups in total. The van der Waals surface area contributed by atoms with Crippen LogP contribution in [0.2, 0.25) is 0 Å². The number of amides is 2. The van der Waals surface area contributed by atoms with E-state index in [1.54, 1.807) is 53.5 Å². The van der Waals surface area contributed by atoms with Gasteiger partial charge in [0.05, 0.1) is 26.4 Å². The molecule has 0 aliphatic carbocycles. The number of morpholine rings is 1. The molecule has 1 saturated heterocycles. The Morgan fingerprint density at radius 1 is 1.33 bits per heavy atom. The highest BCUT2D eigenvalue weighted by Gasteiger charge is 2.29. The number of hydrogen-bond donors (Lipinski definition) is 1. The third-order valence-electron chi connectivity index (χ3n) is 4.37. The standard InChI is InChI=1S/C18H23N5O4/c1-26-16-4-2-3-14(9-16)21-17(24)10-15-11-27-8-7-23(15)18(25)5-6-22-12-19-20-13-22/h2-4,9,12-13,15H,5-8,10-11H2,1H3,(H,21,24)/t15-/m1/s1. The molecule has 3 rings (SSSR count). The molecular weight excluding hydrogens is 350 g/mol. The second-order valence-electron chi connectivity index (χ2n) is 6.25. The van der Waals surface area contributed by atoms with Crippen LogP contribution in [-0.2, 0) is 20.9 Å². The van der Waals surface area contributed by atoms with Crippen LogP contribution in [0.4, 0.5) is 5.69 Å². The number of benzene rings is 1. The van der Waals surface area contributed by atoms with Crippen molar-refractivity contribution in [3.8, 4) is 5.75 Å². The molecule has 27 heavy (non-hydrogen) atoms. The van der Waals surface area contributed by atoms with Gasteiger partial charge in [-0.25, -0.2) is 0 Å². The molecule has 0 bridgehead atoms. The Morgan fingerprint density at radius 2 is 2.15 bits per heavy atom. The summed E-state index contributed by atoms with van der Waals surface area (Å²) in [6.07, 6.45) is 3.65. The quantitative estimate of drug-likeness (QED) is 0.775. The fraction of sp³-hybridized carbons (Fsp3) is 0.444. The van der Waals surface area contributed by atoms with Crippen molar-refractivity contribution in [1.29, 1.82) is 0 Å². The molecule has 1 atom stereocenters. The minimum Gasteiger partial charge on any atom is -0.497 e. The SMILES string of the molecule is COc1cccc(NC(=O)C[C@@H]2COCCN2C(=O)CCn2cnnc2)c1. The zero-order valence-corrected chi connectivity index (χ0v) is 15.2. The number of ether oxygens (including phenoxy) is 2. The lowest BCUT2D eigenvalue weighted by atomic mass is 10.1. The predicted molar refractivity (Wildman–Crippen MR) is 97.2 cm³/mol. The molecule has 1 fully saturated rings. The number of nitrogens with one attached hydrogen (secondary N) is 1. The Kier molecular flexibility index (Phi) is 6.37. The molecule has 0 spiro atoms. The summed E-state index contributed by atoms with van der Waals surface area (Å²) in [5, 5.41) is 10.3. The average Bonchev–Trinajstić information content (AvgIpc) is 3.20. The molecule has 0 radical (unpaired) electrons. The maximum atomic E-state index is 12.6. The van der Waals surface area contributed by atoms with Crippen LogP contribution in [0.3, 0.4) is 0 Å². The van der Waals surface area contributed by atoms with Crippen molar-refractivity contribution in [3.63, 3.8) is 0 Å². The van der Waals surface area contributed by atoms with E-state index in [0.717, 1.165) is 0 Å². The van der Waals surface area contributed by atoms with E-state index in [1.807, 2.05) is 0 Å². The van der Waals surface area contributed by atoms with Gasteiger partial charge in [-0.15, -0.1) is 10.2 Å². The van der Waals surface area contributed by atoms with Crippen LogP contribution in [0.25, 0.3) is 0 Å². The summed E-state index contributed by atoms with van der Waals surface area (Å²) in [6, 6.07) is 6.87. The molecular formula is C18H23N5O4. The van der Waals surface area contributed by atoms with Crippen molar-refractivity contribution < 1.29 is 19.1 Å². The van der Waals surface area contributed by atoms with Crippen molar-refractivity contribution >= 4 is 17.5 Å². The first-order chi connectivity index (χ1) is 13.2. The van der Waals surface area contributed by atoms with Crippen LogP contribution in [0.1, 0.15) is 12.8 Å². The van der Waals surface area contributed by atoms with Gasteiger partial charge in [0, 0.05) is 37.7 Å². The molecule has 1 aliphatic rings. The van der Waals surface area contributed by atoms with E-state index in [0.29, 0.717) is 44.2 Å². The lowest BCUT2D eigenvalue weighted by molar-refractivity contribution is -0.141. The normalized spacial score (nSPS) is 16.8. The minimum atomic E-state index is -0.280. The molecule has 144 valence electrons. The number of hydrogen-bond acceptors (Lipinski definition) is 6. The van der Waals surface area contributed by atoms with Crippen LogP contribution in [0.15, 0.2) is 36.9 Å². The van der Waals surface area contributed by atoms with E-state index >= 15 is 0 Å². The first kappa shape index (κ1) is 18.8. The fourth-order valence-electron chi connectivity index (χ4n) is 2.99. The third-order valence-corrected chi connectivity index (χ3v) is 4.37. The smallest absolute Gasteiger partial charge is 0.226 e. The second-order valence-corrected chi connectivity index (χ2v) is 6.25. The number of carbonyl (C=O) groups excluding carboxylic acids is 2. The monoisotopic (exact) mass is 373 g/mol. The molecule has 2 heterocycles. The summed E-state index contributed by atoms with van der Waals surface area (Å²) >= 11 is 0. The summed E-state index contributed by atoms with van der Waals surface area (Å²) in [5.41, 5.74) is 0.654. The van der Waals surface area contributed by atoms with Crippen LogP contribution >= 0.6 is 0 Å². The topological polar surface area (TPSA) is 98.6 Å². The van der Waals surface area contributed by atoms with Crippen molar-refractivity contribution in [2.75, 3.05) is 32.2 Å². The summed E-state index contributed by atoms with van der Waals surface area (Å²) < 4.78 is 12.4. The Balaban J connectivity index is 1.55. The zero-order valence-electron chi connectivity index (χ0n) is 15.2. The van der Waals surface area contributed by atoms with E-state index in [-0.39, 0.29) is 24.3 Å². The van der Waals surface area contributed by atoms with Gasteiger partial charge in [-0.2, -0.15) is 0 Å². The Bertz CT molecular complexity index is 765. The van der Waals surface area contributed by atoms with Crippen LogP contribution < -0.4 is 10.1 Å². The number of carbonyl (C=O) groups is 2. The molecule has 9 heteroatoms. The highest BCUT2D eigenvalue weighted by molar-refractivity contribution is 5.91. The van der Waals surface area contributed by atoms with Gasteiger partial charge >= 0.3 is 0 Å². The van der Waals surface area contributed by atoms with Gasteiger partial charge in [-0.05, 0) is 12.1 Å². The van der Waals surface area contributed by atoms with Crippen molar-refractivity contribution in [2.45, 2.75) is 25.4 Å². The molecule has 0 saturated carbocycles. The zero-order chi connectivity index (χ0) is 19.1. The molecule has 0 unspecified atom stereocenters. The van der Waals surface area contributed by atoms with Gasteiger partial charge in [-0.3, -0.25) is 9.59 Å². The molecule has 2 amide bonds. The van der Waals surface area contributed by atoms with Crippen molar-refractivity contribution in [2.24, 2.45) is 0 Å². The maximum Gasteiger partial charge on any atom is 0.226 e. The predicted octanol–water partition coefficient (Wildman–Crippen LogP) is 0.933. The molecule has 1 aromatic carbocycles. The largest absolute Gasteiger partial charge is 0.497 e. The molecule has 2 aromatic rings. The first-order valence-corrected chi connectivity index (χ1v) is 8.79. The third kappa shape index (κ3) is 5.27. The van der Waals surface area contributed by atoms with E-state index in [9.17, 15) is 9.59 Å². The minimum absolute atomic E-state index is 0.00817. The van der Waals surface area contributed by atoms with Crippen LogP contribution in [0, 0.1) is 0 Å². The van der Waals surface area contributed by atoms with Gasteiger partial charge < -0.3 is 24.3 Å². The van der Waals surface area contributed by atoms with Crippen molar-refractivity contribution in [1.82, 2.24) is 19.7 Å². The Labute approximate surface area is 157 Å². The molecule has 1 aliphatic heterocycles. The number of aromatic nitrogens is 3. The maximum absolute atomic E-state index is 12.6. The van der Waals surface area contributed by atoms with E-state index in [1.165, 1.54) is 0 Å². The molecule has 9 nitrogen and oxygen atoms in total. The lowest BCUT2D eigenvalue weighted by Gasteiger charge is -2.35. The number of methoxy groups -OCH3 is 1. The van der Waals surface area contributed by atoms with E-state index in [4.69, 9.17) is 9.47 Å². The lowest BCUT2D eigenvalue weighted by Crippen LogP contribution is -2.50. The number of rotatable bonds is 7. The van der Waals surface area contributed by atoms with Crippen LogP contribution in [0.5, 0.6) is 5.75 Å². The average molecular weight is 373 g/mol. The van der Waals surface area contributed by atoms with Gasteiger partial charge in [-0.1, -0.05) is 6.07 Å². The molecule has 1 aromatic heterocycles. The van der Waals surface area contributed by atoms with Gasteiger partial charge in [0.15, 0.2) is 0 Å². The summed E-state index contributed by atoms with van der Waals surface area (Å²) in [7, 11) is 1.57. The summed E-state index contributed by atoms with van der Waals surface area (Å²) in [5.74, 6) is 0.487. The van der Waals surface area contributed by atoms with Gasteiger partial charge in [0.1, 0.15) is 18.4 Å². The van der Waals surface area contributed by atoms with E-state index in [2.05, 4.69) is 15.5 Å². The second kappa shape index (κ2) is 9.13. The summed E-state index contributed by atoms with van der Waals surface area (Å²) in [4.78, 5) is 26.8. The highest BCUT2D eigenvalue weighted by atomic mass is 16.5. The van der Waals surface area contributed by atoms with Crippen molar-refractivity contribution in [3.05, 3.63) is 36.9 Å².